The molecule has 1 aliphatic rings. The molecule has 2 aromatic carbocycles. The molecule has 2 heterocycles. The first kappa shape index (κ1) is 17.6. The van der Waals surface area contributed by atoms with E-state index in [1.165, 1.54) is 0 Å². The van der Waals surface area contributed by atoms with Crippen LogP contribution in [-0.2, 0) is 11.3 Å². The number of para-hydroxylation sites is 3. The minimum absolute atomic E-state index is 0.0740. The van der Waals surface area contributed by atoms with E-state index in [-0.39, 0.29) is 11.9 Å². The van der Waals surface area contributed by atoms with Crippen molar-refractivity contribution in [1.82, 2.24) is 14.5 Å². The number of amides is 1. The number of likely N-dealkylation sites (tertiary alicyclic amines) is 1. The summed E-state index contributed by atoms with van der Waals surface area (Å²) in [6, 6.07) is 18.2. The standard InChI is InChI=1S/C22H25N3O2/c1-17(26)24-14-7-13-21(24)22-23-19-11-5-6-12-20(19)25(22)15-8-16-27-18-9-3-2-4-10-18/h2-6,9-12,21H,7-8,13-16H2,1H3/t21-/m0/s1. The summed E-state index contributed by atoms with van der Waals surface area (Å²) in [6.45, 7) is 3.95. The van der Waals surface area contributed by atoms with E-state index in [0.717, 1.165) is 55.0 Å². The van der Waals surface area contributed by atoms with Crippen LogP contribution in [0.25, 0.3) is 11.0 Å². The monoisotopic (exact) mass is 363 g/mol. The van der Waals surface area contributed by atoms with E-state index in [2.05, 4.69) is 10.6 Å². The normalized spacial score (nSPS) is 16.8. The number of ether oxygens (including phenoxy) is 1. The Morgan fingerprint density at radius 2 is 1.93 bits per heavy atom. The largest absolute Gasteiger partial charge is 0.494 e. The summed E-state index contributed by atoms with van der Waals surface area (Å²) in [5.41, 5.74) is 2.12. The van der Waals surface area contributed by atoms with Gasteiger partial charge in [0.2, 0.25) is 5.91 Å². The van der Waals surface area contributed by atoms with E-state index in [1.54, 1.807) is 6.92 Å². The number of aryl methyl sites for hydroxylation is 1. The SMILES string of the molecule is CC(=O)N1CCC[C@H]1c1nc2ccccc2n1CCCOc1ccccc1. The quantitative estimate of drug-likeness (QED) is 0.617. The zero-order valence-electron chi connectivity index (χ0n) is 15.7. The van der Waals surface area contributed by atoms with Gasteiger partial charge in [-0.05, 0) is 43.5 Å². The molecule has 140 valence electrons. The van der Waals surface area contributed by atoms with E-state index in [9.17, 15) is 4.79 Å². The van der Waals surface area contributed by atoms with Gasteiger partial charge in [-0.25, -0.2) is 4.98 Å². The number of hydrogen-bond acceptors (Lipinski definition) is 3. The van der Waals surface area contributed by atoms with Crippen LogP contribution in [0.1, 0.15) is 38.1 Å². The summed E-state index contributed by atoms with van der Waals surface area (Å²) in [4.78, 5) is 18.9. The van der Waals surface area contributed by atoms with Crippen molar-refractivity contribution in [3.05, 3.63) is 60.4 Å². The molecule has 3 aromatic rings. The molecule has 1 amide bonds. The van der Waals surface area contributed by atoms with Crippen molar-refractivity contribution >= 4 is 16.9 Å². The Morgan fingerprint density at radius 3 is 2.74 bits per heavy atom. The number of rotatable bonds is 6. The van der Waals surface area contributed by atoms with Crippen LogP contribution >= 0.6 is 0 Å². The van der Waals surface area contributed by atoms with E-state index < -0.39 is 0 Å². The van der Waals surface area contributed by atoms with Crippen LogP contribution in [0.3, 0.4) is 0 Å². The number of carbonyl (C=O) groups excluding carboxylic acids is 1. The average Bonchev–Trinajstić information content (AvgIpc) is 3.31. The van der Waals surface area contributed by atoms with Gasteiger partial charge in [0.25, 0.3) is 0 Å². The molecule has 4 rings (SSSR count). The highest BCUT2D eigenvalue weighted by molar-refractivity contribution is 5.77. The average molecular weight is 363 g/mol. The third-order valence-electron chi connectivity index (χ3n) is 5.18. The second-order valence-electron chi connectivity index (χ2n) is 7.00. The maximum absolute atomic E-state index is 12.0. The Kier molecular flexibility index (Phi) is 5.10. The number of aromatic nitrogens is 2. The molecule has 0 unspecified atom stereocenters. The molecule has 5 heteroatoms. The molecule has 5 nitrogen and oxygen atoms in total. The van der Waals surface area contributed by atoms with E-state index in [1.807, 2.05) is 53.4 Å². The van der Waals surface area contributed by atoms with E-state index >= 15 is 0 Å². The Bertz CT molecular complexity index is 920. The summed E-state index contributed by atoms with van der Waals surface area (Å²) in [6.07, 6.45) is 2.89. The highest BCUT2D eigenvalue weighted by Crippen LogP contribution is 2.33. The summed E-state index contributed by atoms with van der Waals surface area (Å²) < 4.78 is 8.12. The van der Waals surface area contributed by atoms with Crippen LogP contribution in [-0.4, -0.2) is 33.5 Å². The van der Waals surface area contributed by atoms with Gasteiger partial charge in [-0.2, -0.15) is 0 Å². The molecule has 1 saturated heterocycles. The molecule has 27 heavy (non-hydrogen) atoms. The molecule has 0 saturated carbocycles. The zero-order valence-corrected chi connectivity index (χ0v) is 15.7. The first-order valence-electron chi connectivity index (χ1n) is 9.64. The predicted molar refractivity (Wildman–Crippen MR) is 106 cm³/mol. The first-order chi connectivity index (χ1) is 13.2. The summed E-state index contributed by atoms with van der Waals surface area (Å²) in [7, 11) is 0. The van der Waals surface area contributed by atoms with Gasteiger partial charge in [0, 0.05) is 20.0 Å². The van der Waals surface area contributed by atoms with Crippen molar-refractivity contribution in [2.45, 2.75) is 38.8 Å². The van der Waals surface area contributed by atoms with Crippen molar-refractivity contribution < 1.29 is 9.53 Å². The molecule has 0 aliphatic carbocycles. The number of benzene rings is 2. The highest BCUT2D eigenvalue weighted by Gasteiger charge is 2.31. The number of imidazole rings is 1. The van der Waals surface area contributed by atoms with Crippen LogP contribution in [0.2, 0.25) is 0 Å². The Labute approximate surface area is 159 Å². The second kappa shape index (κ2) is 7.82. The lowest BCUT2D eigenvalue weighted by atomic mass is 10.2. The van der Waals surface area contributed by atoms with Gasteiger partial charge < -0.3 is 14.2 Å². The number of nitrogens with zero attached hydrogens (tertiary/aromatic N) is 3. The fourth-order valence-electron chi connectivity index (χ4n) is 3.92. The van der Waals surface area contributed by atoms with Crippen LogP contribution in [0.5, 0.6) is 5.75 Å². The number of hydrogen-bond donors (Lipinski definition) is 0. The second-order valence-corrected chi connectivity index (χ2v) is 7.00. The molecule has 0 bridgehead atoms. The third kappa shape index (κ3) is 3.68. The predicted octanol–water partition coefficient (Wildman–Crippen LogP) is 4.19. The van der Waals surface area contributed by atoms with Crippen molar-refractivity contribution in [1.29, 1.82) is 0 Å². The van der Waals surface area contributed by atoms with Crippen LogP contribution in [0.4, 0.5) is 0 Å². The van der Waals surface area contributed by atoms with Gasteiger partial charge in [0.15, 0.2) is 0 Å². The Morgan fingerprint density at radius 1 is 1.15 bits per heavy atom. The highest BCUT2D eigenvalue weighted by atomic mass is 16.5. The minimum atomic E-state index is 0.0740. The fraction of sp³-hybridized carbons (Fsp3) is 0.364. The lowest BCUT2D eigenvalue weighted by molar-refractivity contribution is -0.129. The van der Waals surface area contributed by atoms with Crippen LogP contribution in [0, 0.1) is 0 Å². The minimum Gasteiger partial charge on any atom is -0.494 e. The lowest BCUT2D eigenvalue weighted by Gasteiger charge is -2.24. The van der Waals surface area contributed by atoms with Gasteiger partial charge in [-0.15, -0.1) is 0 Å². The summed E-state index contributed by atoms with van der Waals surface area (Å²) in [5.74, 6) is 2.03. The number of carbonyl (C=O) groups is 1. The molecule has 0 spiro atoms. The zero-order chi connectivity index (χ0) is 18.6. The molecule has 0 radical (unpaired) electrons. The molecular weight excluding hydrogens is 338 g/mol. The van der Waals surface area contributed by atoms with Crippen molar-refractivity contribution in [3.8, 4) is 5.75 Å². The maximum atomic E-state index is 12.0. The lowest BCUT2D eigenvalue weighted by Crippen LogP contribution is -2.30. The van der Waals surface area contributed by atoms with Gasteiger partial charge in [-0.3, -0.25) is 4.79 Å². The summed E-state index contributed by atoms with van der Waals surface area (Å²) >= 11 is 0. The Balaban J connectivity index is 1.54. The summed E-state index contributed by atoms with van der Waals surface area (Å²) in [5, 5.41) is 0. The van der Waals surface area contributed by atoms with Crippen molar-refractivity contribution in [2.24, 2.45) is 0 Å². The van der Waals surface area contributed by atoms with Crippen LogP contribution < -0.4 is 4.74 Å². The molecule has 1 aromatic heterocycles. The van der Waals surface area contributed by atoms with E-state index in [4.69, 9.17) is 9.72 Å². The van der Waals surface area contributed by atoms with Gasteiger partial charge in [0.05, 0.1) is 23.7 Å². The van der Waals surface area contributed by atoms with Gasteiger partial charge in [-0.1, -0.05) is 30.3 Å². The molecule has 1 aliphatic heterocycles. The smallest absolute Gasteiger partial charge is 0.220 e. The molecular formula is C22H25N3O2. The van der Waals surface area contributed by atoms with Crippen molar-refractivity contribution in [3.63, 3.8) is 0 Å². The third-order valence-corrected chi connectivity index (χ3v) is 5.18. The van der Waals surface area contributed by atoms with Crippen molar-refractivity contribution in [2.75, 3.05) is 13.2 Å². The van der Waals surface area contributed by atoms with Crippen LogP contribution in [0.15, 0.2) is 54.6 Å². The number of fused-ring (bicyclic) bond motifs is 1. The Hall–Kier alpha value is -2.82. The fourth-order valence-corrected chi connectivity index (χ4v) is 3.92. The van der Waals surface area contributed by atoms with E-state index in [0.29, 0.717) is 6.61 Å². The van der Waals surface area contributed by atoms with Gasteiger partial charge >= 0.3 is 0 Å². The van der Waals surface area contributed by atoms with Gasteiger partial charge in [0.1, 0.15) is 11.6 Å². The molecule has 1 atom stereocenters. The topological polar surface area (TPSA) is 47.4 Å². The molecule has 1 fully saturated rings. The maximum Gasteiger partial charge on any atom is 0.220 e. The molecule has 0 N–H and O–H groups in total. The first-order valence-corrected chi connectivity index (χ1v) is 9.64.